The SMILES string of the molecule is C/C=C/C=C1\C=NNC(=O)c2cc(CC(O)c3cccc(O)c3)cc(N)c21.C/C=C\C.NC=O. The van der Waals surface area contributed by atoms with E-state index in [-0.39, 0.29) is 24.5 Å². The van der Waals surface area contributed by atoms with Crippen LogP contribution in [-0.2, 0) is 11.2 Å². The molecule has 1 aliphatic heterocycles. The smallest absolute Gasteiger partial charge is 0.272 e. The predicted molar refractivity (Wildman–Crippen MR) is 137 cm³/mol. The number of aliphatic hydroxyl groups excluding tert-OH is 1. The van der Waals surface area contributed by atoms with Crippen LogP contribution in [0, 0.1) is 0 Å². The highest BCUT2D eigenvalue weighted by Crippen LogP contribution is 2.30. The average Bonchev–Trinajstić information content (AvgIpc) is 2.97. The van der Waals surface area contributed by atoms with Gasteiger partial charge in [0.1, 0.15) is 5.75 Å². The van der Waals surface area contributed by atoms with Crippen molar-refractivity contribution in [1.82, 2.24) is 5.43 Å². The van der Waals surface area contributed by atoms with Gasteiger partial charge in [-0.2, -0.15) is 5.10 Å². The third-order valence-electron chi connectivity index (χ3n) is 4.62. The van der Waals surface area contributed by atoms with Crippen molar-refractivity contribution in [1.29, 1.82) is 0 Å². The highest BCUT2D eigenvalue weighted by atomic mass is 16.3. The number of nitrogens with one attached hydrogen (secondary N) is 1. The topological polar surface area (TPSA) is 151 Å². The van der Waals surface area contributed by atoms with Gasteiger partial charge in [-0.15, -0.1) is 0 Å². The number of fused-ring (bicyclic) bond motifs is 1. The van der Waals surface area contributed by atoms with Gasteiger partial charge in [0.2, 0.25) is 6.41 Å². The van der Waals surface area contributed by atoms with Crippen LogP contribution >= 0.6 is 0 Å². The highest BCUT2D eigenvalue weighted by Gasteiger charge is 2.21. The van der Waals surface area contributed by atoms with Crippen molar-refractivity contribution >= 4 is 29.8 Å². The van der Waals surface area contributed by atoms with Crippen molar-refractivity contribution in [3.05, 3.63) is 89.0 Å². The molecule has 2 aromatic carbocycles. The molecule has 0 bridgehead atoms. The molecule has 2 aromatic rings. The van der Waals surface area contributed by atoms with Crippen molar-refractivity contribution in [2.45, 2.75) is 33.3 Å². The number of hydrazone groups is 1. The zero-order valence-electron chi connectivity index (χ0n) is 19.6. The summed E-state index contributed by atoms with van der Waals surface area (Å²) in [5, 5.41) is 24.0. The maximum absolute atomic E-state index is 12.4. The number of carbonyl (C=O) groups excluding carboxylic acids is 2. The second-order valence-corrected chi connectivity index (χ2v) is 7.07. The van der Waals surface area contributed by atoms with Crippen LogP contribution < -0.4 is 16.9 Å². The number of amides is 2. The fraction of sp³-hybridized carbons (Fsp3) is 0.192. The van der Waals surface area contributed by atoms with E-state index in [2.05, 4.69) is 16.3 Å². The van der Waals surface area contributed by atoms with E-state index >= 15 is 0 Å². The zero-order valence-corrected chi connectivity index (χ0v) is 19.6. The lowest BCUT2D eigenvalue weighted by molar-refractivity contribution is -0.106. The van der Waals surface area contributed by atoms with Crippen molar-refractivity contribution < 1.29 is 19.8 Å². The number of rotatable bonds is 4. The lowest BCUT2D eigenvalue weighted by atomic mass is 9.92. The van der Waals surface area contributed by atoms with Gasteiger partial charge in [-0.1, -0.05) is 42.5 Å². The molecular weight excluding hydrogens is 432 g/mol. The molecule has 2 amide bonds. The number of nitrogens with two attached hydrogens (primary N) is 2. The normalized spacial score (nSPS) is 14.4. The summed E-state index contributed by atoms with van der Waals surface area (Å²) >= 11 is 0. The number of nitrogens with zero attached hydrogens (tertiary/aromatic N) is 1. The molecule has 8 heteroatoms. The number of hydrogen-bond acceptors (Lipinski definition) is 6. The number of carbonyl (C=O) groups is 2. The van der Waals surface area contributed by atoms with Crippen LogP contribution in [0.3, 0.4) is 0 Å². The number of hydrogen-bond donors (Lipinski definition) is 5. The second-order valence-electron chi connectivity index (χ2n) is 7.07. The lowest BCUT2D eigenvalue weighted by Crippen LogP contribution is -2.18. The second kappa shape index (κ2) is 14.8. The Morgan fingerprint density at radius 2 is 1.79 bits per heavy atom. The number of benzene rings is 2. The third kappa shape index (κ3) is 8.40. The van der Waals surface area contributed by atoms with Crippen LogP contribution in [0.15, 0.2) is 71.9 Å². The van der Waals surface area contributed by atoms with Crippen molar-refractivity contribution in [3.8, 4) is 5.75 Å². The maximum atomic E-state index is 12.4. The van der Waals surface area contributed by atoms with E-state index in [0.717, 1.165) is 5.57 Å². The minimum atomic E-state index is -0.835. The first-order valence-corrected chi connectivity index (χ1v) is 10.6. The Morgan fingerprint density at radius 3 is 2.38 bits per heavy atom. The number of aliphatic hydroxyl groups is 1. The van der Waals surface area contributed by atoms with Crippen molar-refractivity contribution in [2.24, 2.45) is 10.8 Å². The molecule has 1 unspecified atom stereocenters. The summed E-state index contributed by atoms with van der Waals surface area (Å²) in [6, 6.07) is 9.92. The molecule has 0 saturated heterocycles. The minimum Gasteiger partial charge on any atom is -0.508 e. The largest absolute Gasteiger partial charge is 0.508 e. The Balaban J connectivity index is 0.000000732. The minimum absolute atomic E-state index is 0.0864. The molecule has 7 N–H and O–H groups in total. The molecule has 0 fully saturated rings. The number of allylic oxidation sites excluding steroid dienone is 6. The molecule has 34 heavy (non-hydrogen) atoms. The van der Waals surface area contributed by atoms with E-state index in [1.807, 2.05) is 51.2 Å². The Hall–Kier alpha value is -4.17. The number of aromatic hydroxyl groups is 1. The number of primary amides is 1. The van der Waals surface area contributed by atoms with E-state index in [9.17, 15) is 15.0 Å². The maximum Gasteiger partial charge on any atom is 0.272 e. The van der Waals surface area contributed by atoms with Crippen LogP contribution in [-0.4, -0.2) is 28.7 Å². The molecular formula is C26H32N4O4. The van der Waals surface area contributed by atoms with Crippen LogP contribution in [0.1, 0.15) is 53.9 Å². The van der Waals surface area contributed by atoms with Gasteiger partial charge in [0.05, 0.1) is 17.9 Å². The molecule has 8 nitrogen and oxygen atoms in total. The summed E-state index contributed by atoms with van der Waals surface area (Å²) < 4.78 is 0. The van der Waals surface area contributed by atoms with Crippen LogP contribution in [0.5, 0.6) is 5.75 Å². The zero-order chi connectivity index (χ0) is 25.5. The van der Waals surface area contributed by atoms with Gasteiger partial charge in [0, 0.05) is 23.2 Å². The first-order chi connectivity index (χ1) is 16.3. The molecule has 180 valence electrons. The monoisotopic (exact) mass is 464 g/mol. The van der Waals surface area contributed by atoms with E-state index < -0.39 is 6.10 Å². The van der Waals surface area contributed by atoms with Crippen molar-refractivity contribution in [2.75, 3.05) is 5.73 Å². The van der Waals surface area contributed by atoms with Gasteiger partial charge in [-0.05, 0) is 56.2 Å². The fourth-order valence-electron chi connectivity index (χ4n) is 3.03. The number of phenols is 1. The lowest BCUT2D eigenvalue weighted by Gasteiger charge is -2.15. The quantitative estimate of drug-likeness (QED) is 0.266. The standard InChI is InChI=1S/C21H21N3O3.C4H8.CH3NO/c1-2-3-5-15-12-23-24-21(27)17-8-13(9-18(22)20(15)17)10-19(26)14-6-4-7-16(25)11-14;1-3-4-2;2-1-3/h2-9,11-12,19,25-26H,10,22H2,1H3,(H,24,27);3-4H,1-2H3;1H,(H2,2,3)/b3-2+,15-5+;4-3-;. The van der Waals surface area contributed by atoms with Gasteiger partial charge < -0.3 is 21.7 Å². The number of phenolic OH excluding ortho intramolecular Hbond substituents is 1. The summed E-state index contributed by atoms with van der Waals surface area (Å²) in [6.45, 7) is 5.89. The summed E-state index contributed by atoms with van der Waals surface area (Å²) in [4.78, 5) is 21.0. The summed E-state index contributed by atoms with van der Waals surface area (Å²) in [7, 11) is 0. The molecule has 3 rings (SSSR count). The average molecular weight is 465 g/mol. The molecule has 1 heterocycles. The van der Waals surface area contributed by atoms with Gasteiger partial charge >= 0.3 is 0 Å². The van der Waals surface area contributed by atoms with E-state index in [1.165, 1.54) is 6.07 Å². The molecule has 1 aliphatic rings. The van der Waals surface area contributed by atoms with E-state index in [4.69, 9.17) is 10.5 Å². The first-order valence-electron chi connectivity index (χ1n) is 10.6. The van der Waals surface area contributed by atoms with Crippen LogP contribution in [0.25, 0.3) is 5.57 Å². The van der Waals surface area contributed by atoms with Gasteiger partial charge in [0.15, 0.2) is 0 Å². The molecule has 0 radical (unpaired) electrons. The number of nitrogen functional groups attached to an aromatic ring is 1. The van der Waals surface area contributed by atoms with Crippen LogP contribution in [0.2, 0.25) is 0 Å². The van der Waals surface area contributed by atoms with E-state index in [0.29, 0.717) is 27.9 Å². The Kier molecular flexibility index (Phi) is 12.1. The Bertz CT molecular complexity index is 1080. The molecule has 0 aromatic heterocycles. The van der Waals surface area contributed by atoms with Gasteiger partial charge in [0.25, 0.3) is 5.91 Å². The molecule has 0 aliphatic carbocycles. The molecule has 1 atom stereocenters. The highest BCUT2D eigenvalue weighted by molar-refractivity contribution is 6.18. The number of anilines is 1. The predicted octanol–water partition coefficient (Wildman–Crippen LogP) is 3.62. The first kappa shape index (κ1) is 27.9. The molecule has 0 saturated carbocycles. The van der Waals surface area contributed by atoms with Gasteiger partial charge in [-0.25, -0.2) is 5.43 Å². The summed E-state index contributed by atoms with van der Waals surface area (Å²) in [6.07, 6.45) is 10.8. The Morgan fingerprint density at radius 1 is 1.12 bits per heavy atom. The molecule has 0 spiro atoms. The summed E-state index contributed by atoms with van der Waals surface area (Å²) in [5.41, 5.74) is 16.4. The van der Waals surface area contributed by atoms with Gasteiger partial charge in [-0.3, -0.25) is 9.59 Å². The van der Waals surface area contributed by atoms with Crippen molar-refractivity contribution in [3.63, 3.8) is 0 Å². The Labute approximate surface area is 200 Å². The summed E-state index contributed by atoms with van der Waals surface area (Å²) in [5.74, 6) is -0.270. The third-order valence-corrected chi connectivity index (χ3v) is 4.62. The fourth-order valence-corrected chi connectivity index (χ4v) is 3.03. The van der Waals surface area contributed by atoms with E-state index in [1.54, 1.807) is 36.5 Å². The van der Waals surface area contributed by atoms with Crippen LogP contribution in [0.4, 0.5) is 5.69 Å².